The van der Waals surface area contributed by atoms with Crippen molar-refractivity contribution in [2.24, 2.45) is 5.41 Å². The quantitative estimate of drug-likeness (QED) is 0.743. The summed E-state index contributed by atoms with van der Waals surface area (Å²) < 4.78 is 1.50. The Morgan fingerprint density at radius 2 is 1.88 bits per heavy atom. The van der Waals surface area contributed by atoms with Crippen LogP contribution in [0.3, 0.4) is 0 Å². The zero-order valence-electron chi connectivity index (χ0n) is 14.1. The fourth-order valence-corrected chi connectivity index (χ4v) is 4.70. The predicted molar refractivity (Wildman–Crippen MR) is 91.0 cm³/mol. The number of imidazole rings is 1. The third-order valence-electron chi connectivity index (χ3n) is 6.60. The molecule has 1 saturated carbocycles. The second kappa shape index (κ2) is 4.15. The summed E-state index contributed by atoms with van der Waals surface area (Å²) in [5.74, 6) is 0.947. The van der Waals surface area contributed by atoms with Crippen LogP contribution in [0.4, 0.5) is 0 Å². The van der Waals surface area contributed by atoms with E-state index in [0.29, 0.717) is 17.4 Å². The van der Waals surface area contributed by atoms with Gasteiger partial charge in [-0.05, 0) is 18.3 Å². The summed E-state index contributed by atoms with van der Waals surface area (Å²) in [6, 6.07) is 9.68. The van der Waals surface area contributed by atoms with Gasteiger partial charge in [0.2, 0.25) is 5.88 Å². The Labute approximate surface area is 140 Å². The molecule has 0 aliphatic heterocycles. The Hall–Kier alpha value is -2.43. The van der Waals surface area contributed by atoms with E-state index < -0.39 is 0 Å². The first-order valence-electron chi connectivity index (χ1n) is 8.49. The van der Waals surface area contributed by atoms with Gasteiger partial charge in [-0.2, -0.15) is 9.61 Å². The average molecular weight is 320 g/mol. The van der Waals surface area contributed by atoms with Crippen molar-refractivity contribution in [3.63, 3.8) is 0 Å². The van der Waals surface area contributed by atoms with Gasteiger partial charge in [-0.15, -0.1) is 0 Å². The minimum Gasteiger partial charge on any atom is -0.492 e. The summed E-state index contributed by atoms with van der Waals surface area (Å²) >= 11 is 0. The van der Waals surface area contributed by atoms with Gasteiger partial charge in [-0.25, -0.2) is 9.97 Å². The second-order valence-corrected chi connectivity index (χ2v) is 7.85. The molecule has 0 spiro atoms. The highest BCUT2D eigenvalue weighted by Crippen LogP contribution is 2.66. The average Bonchev–Trinajstić information content (AvgIpc) is 3.08. The smallest absolute Gasteiger partial charge is 0.254 e. The molecule has 1 N–H and O–H groups in total. The number of rotatable bonds is 1. The van der Waals surface area contributed by atoms with E-state index in [9.17, 15) is 5.11 Å². The summed E-state index contributed by atoms with van der Waals surface area (Å²) in [7, 11) is 0. The zero-order valence-corrected chi connectivity index (χ0v) is 14.1. The maximum absolute atomic E-state index is 10.6. The van der Waals surface area contributed by atoms with Crippen LogP contribution >= 0.6 is 0 Å². The first-order valence-corrected chi connectivity index (χ1v) is 8.49. The molecule has 5 rings (SSSR count). The Kier molecular flexibility index (Phi) is 2.41. The molecule has 1 aromatic carbocycles. The minimum atomic E-state index is 0.0379. The Morgan fingerprint density at radius 1 is 1.12 bits per heavy atom. The molecule has 2 bridgehead atoms. The third kappa shape index (κ3) is 1.44. The normalized spacial score (nSPS) is 26.9. The Balaban J connectivity index is 1.77. The van der Waals surface area contributed by atoms with Crippen LogP contribution < -0.4 is 0 Å². The molecular weight excluding hydrogens is 300 g/mol. The lowest BCUT2D eigenvalue weighted by molar-refractivity contribution is 0.227. The van der Waals surface area contributed by atoms with E-state index in [1.807, 2.05) is 30.3 Å². The third-order valence-corrected chi connectivity index (χ3v) is 6.60. The summed E-state index contributed by atoms with van der Waals surface area (Å²) in [4.78, 5) is 9.40. The molecule has 2 atom stereocenters. The van der Waals surface area contributed by atoms with Gasteiger partial charge < -0.3 is 5.11 Å². The van der Waals surface area contributed by atoms with Gasteiger partial charge in [-0.3, -0.25) is 0 Å². The molecule has 2 heterocycles. The highest BCUT2D eigenvalue weighted by Gasteiger charge is 2.61. The maximum atomic E-state index is 10.6. The van der Waals surface area contributed by atoms with Crippen molar-refractivity contribution in [1.82, 2.24) is 19.6 Å². The molecule has 24 heavy (non-hydrogen) atoms. The van der Waals surface area contributed by atoms with Gasteiger partial charge in [0.05, 0.1) is 11.4 Å². The zero-order chi connectivity index (χ0) is 16.7. The molecule has 2 aromatic heterocycles. The molecule has 0 saturated heterocycles. The Morgan fingerprint density at radius 3 is 2.62 bits per heavy atom. The van der Waals surface area contributed by atoms with E-state index >= 15 is 0 Å². The van der Waals surface area contributed by atoms with Crippen molar-refractivity contribution in [3.05, 3.63) is 41.7 Å². The van der Waals surface area contributed by atoms with E-state index in [-0.39, 0.29) is 16.7 Å². The fraction of sp³-hybridized carbons (Fsp3) is 0.421. The molecule has 2 aliphatic carbocycles. The van der Waals surface area contributed by atoms with Crippen LogP contribution in [-0.4, -0.2) is 24.7 Å². The highest BCUT2D eigenvalue weighted by atomic mass is 16.3. The summed E-state index contributed by atoms with van der Waals surface area (Å²) in [6.45, 7) is 6.92. The highest BCUT2D eigenvalue weighted by molar-refractivity contribution is 5.67. The Bertz CT molecular complexity index is 976. The van der Waals surface area contributed by atoms with Crippen LogP contribution in [0, 0.1) is 5.41 Å². The van der Waals surface area contributed by atoms with Crippen molar-refractivity contribution < 1.29 is 5.11 Å². The first-order chi connectivity index (χ1) is 11.4. The summed E-state index contributed by atoms with van der Waals surface area (Å²) in [6.07, 6.45) is 2.28. The van der Waals surface area contributed by atoms with Crippen molar-refractivity contribution in [1.29, 1.82) is 0 Å². The van der Waals surface area contributed by atoms with Gasteiger partial charge in [0.15, 0.2) is 0 Å². The molecule has 0 amide bonds. The number of aromatic nitrogens is 4. The number of nitrogens with zero attached hydrogens (tertiary/aromatic N) is 4. The lowest BCUT2D eigenvalue weighted by atomic mass is 9.70. The summed E-state index contributed by atoms with van der Waals surface area (Å²) in [5.41, 5.74) is 3.70. The van der Waals surface area contributed by atoms with E-state index in [4.69, 9.17) is 10.1 Å². The fourth-order valence-electron chi connectivity index (χ4n) is 4.70. The van der Waals surface area contributed by atoms with Crippen molar-refractivity contribution in [2.45, 2.75) is 44.9 Å². The van der Waals surface area contributed by atoms with Gasteiger partial charge >= 0.3 is 0 Å². The molecular formula is C19H20N4O. The van der Waals surface area contributed by atoms with Crippen LogP contribution in [0.2, 0.25) is 0 Å². The molecule has 2 aliphatic rings. The number of aromatic hydroxyl groups is 1. The molecule has 1 fully saturated rings. The van der Waals surface area contributed by atoms with Crippen molar-refractivity contribution >= 4 is 5.78 Å². The monoisotopic (exact) mass is 320 g/mol. The van der Waals surface area contributed by atoms with E-state index in [0.717, 1.165) is 29.8 Å². The van der Waals surface area contributed by atoms with Gasteiger partial charge in [0.1, 0.15) is 5.69 Å². The molecule has 5 heteroatoms. The summed E-state index contributed by atoms with van der Waals surface area (Å²) in [5, 5.41) is 15.4. The second-order valence-electron chi connectivity index (χ2n) is 7.85. The SMILES string of the molecule is CC1(C)[C@@H]2CC[C@@]1(C)c1nc3nc(-c4ccccc4)c(O)n3nc12. The lowest BCUT2D eigenvalue weighted by Gasteiger charge is -2.33. The standard InChI is InChI=1S/C19H20N4O/c1-18(2)12-9-10-19(18,3)15-14(12)22-23-16(24)13(20-17(23)21-15)11-7-5-4-6-8-11/h4-8,12,24H,9-10H2,1-3H3/t12-,19+/m1/s1. The van der Waals surface area contributed by atoms with Gasteiger partial charge in [0.25, 0.3) is 5.78 Å². The topological polar surface area (TPSA) is 63.3 Å². The molecule has 0 radical (unpaired) electrons. The van der Waals surface area contributed by atoms with Crippen LogP contribution in [0.5, 0.6) is 5.88 Å². The first kappa shape index (κ1) is 14.0. The largest absolute Gasteiger partial charge is 0.492 e. The van der Waals surface area contributed by atoms with Crippen LogP contribution in [0.1, 0.15) is 50.9 Å². The number of benzene rings is 1. The van der Waals surface area contributed by atoms with Gasteiger partial charge in [0, 0.05) is 16.9 Å². The molecule has 5 nitrogen and oxygen atoms in total. The maximum Gasteiger partial charge on any atom is 0.254 e. The van der Waals surface area contributed by atoms with Crippen LogP contribution in [-0.2, 0) is 5.41 Å². The molecule has 0 unspecified atom stereocenters. The van der Waals surface area contributed by atoms with E-state index in [1.165, 1.54) is 4.52 Å². The van der Waals surface area contributed by atoms with Crippen molar-refractivity contribution in [2.75, 3.05) is 0 Å². The van der Waals surface area contributed by atoms with Crippen LogP contribution in [0.25, 0.3) is 17.0 Å². The van der Waals surface area contributed by atoms with E-state index in [1.54, 1.807) is 0 Å². The minimum absolute atomic E-state index is 0.0379. The van der Waals surface area contributed by atoms with Crippen molar-refractivity contribution in [3.8, 4) is 17.1 Å². The van der Waals surface area contributed by atoms with Gasteiger partial charge in [-0.1, -0.05) is 51.1 Å². The predicted octanol–water partition coefficient (Wildman–Crippen LogP) is 3.67. The molecule has 3 aromatic rings. The van der Waals surface area contributed by atoms with E-state index in [2.05, 4.69) is 25.8 Å². The number of hydrogen-bond donors (Lipinski definition) is 1. The molecule has 122 valence electrons. The van der Waals surface area contributed by atoms with Crippen LogP contribution in [0.15, 0.2) is 30.3 Å². The number of hydrogen-bond acceptors (Lipinski definition) is 4. The lowest BCUT2D eigenvalue weighted by Crippen LogP contribution is -2.32. The number of fused-ring (bicyclic) bond motifs is 6.